The maximum absolute atomic E-state index is 5.76. The van der Waals surface area contributed by atoms with Crippen molar-refractivity contribution in [3.8, 4) is 5.75 Å². The van der Waals surface area contributed by atoms with Crippen LogP contribution in [0.15, 0.2) is 22.7 Å². The van der Waals surface area contributed by atoms with Crippen LogP contribution in [-0.4, -0.2) is 6.61 Å². The predicted octanol–water partition coefficient (Wildman–Crippen LogP) is 3.72. The summed E-state index contributed by atoms with van der Waals surface area (Å²) in [6.45, 7) is 5.74. The van der Waals surface area contributed by atoms with Gasteiger partial charge in [-0.25, -0.2) is 0 Å². The van der Waals surface area contributed by atoms with E-state index in [0.29, 0.717) is 12.5 Å². The molecule has 0 saturated heterocycles. The van der Waals surface area contributed by atoms with E-state index in [0.717, 1.165) is 22.4 Å². The van der Waals surface area contributed by atoms with E-state index in [-0.39, 0.29) is 0 Å². The van der Waals surface area contributed by atoms with Crippen molar-refractivity contribution in [1.82, 2.24) is 0 Å². The van der Waals surface area contributed by atoms with Gasteiger partial charge in [-0.15, -0.1) is 0 Å². The van der Waals surface area contributed by atoms with Gasteiger partial charge in [0.15, 0.2) is 0 Å². The Hall–Kier alpha value is -0.540. The van der Waals surface area contributed by atoms with E-state index in [1.165, 1.54) is 12.8 Å². The molecule has 0 aliphatic rings. The Bertz CT molecular complexity index is 328. The van der Waals surface area contributed by atoms with Gasteiger partial charge in [0, 0.05) is 6.54 Å². The molecule has 3 heteroatoms. The van der Waals surface area contributed by atoms with Crippen molar-refractivity contribution in [2.75, 3.05) is 6.61 Å². The van der Waals surface area contributed by atoms with E-state index < -0.39 is 0 Å². The molecule has 0 aliphatic heterocycles. The minimum atomic E-state index is 0.561. The van der Waals surface area contributed by atoms with E-state index in [2.05, 4.69) is 29.8 Å². The van der Waals surface area contributed by atoms with E-state index in [1.807, 2.05) is 18.2 Å². The molecule has 0 heterocycles. The molecule has 0 amide bonds. The Labute approximate surface area is 106 Å². The lowest BCUT2D eigenvalue weighted by atomic mass is 10.1. The van der Waals surface area contributed by atoms with Gasteiger partial charge in [-0.05, 0) is 46.0 Å². The third kappa shape index (κ3) is 4.14. The molecule has 1 atom stereocenters. The Balaban J connectivity index is 2.54. The van der Waals surface area contributed by atoms with Gasteiger partial charge in [0.25, 0.3) is 0 Å². The summed E-state index contributed by atoms with van der Waals surface area (Å²) in [5.74, 6) is 1.51. The fourth-order valence-corrected chi connectivity index (χ4v) is 2.14. The van der Waals surface area contributed by atoms with Crippen molar-refractivity contribution in [3.05, 3.63) is 28.2 Å². The van der Waals surface area contributed by atoms with Crippen molar-refractivity contribution in [2.45, 2.75) is 33.2 Å². The molecule has 0 aliphatic carbocycles. The molecule has 2 nitrogen and oxygen atoms in total. The van der Waals surface area contributed by atoms with E-state index >= 15 is 0 Å². The molecule has 2 N–H and O–H groups in total. The van der Waals surface area contributed by atoms with Gasteiger partial charge in [0.05, 0.1) is 11.1 Å². The topological polar surface area (TPSA) is 35.2 Å². The number of hydrogen-bond acceptors (Lipinski definition) is 2. The number of nitrogens with two attached hydrogens (primary N) is 1. The smallest absolute Gasteiger partial charge is 0.133 e. The van der Waals surface area contributed by atoms with Gasteiger partial charge in [-0.3, -0.25) is 0 Å². The largest absolute Gasteiger partial charge is 0.492 e. The first-order valence-electron chi connectivity index (χ1n) is 5.78. The van der Waals surface area contributed by atoms with Crippen LogP contribution in [0.3, 0.4) is 0 Å². The monoisotopic (exact) mass is 285 g/mol. The highest BCUT2D eigenvalue weighted by atomic mass is 79.9. The lowest BCUT2D eigenvalue weighted by molar-refractivity contribution is 0.250. The molecule has 16 heavy (non-hydrogen) atoms. The van der Waals surface area contributed by atoms with Crippen LogP contribution in [0.5, 0.6) is 5.75 Å². The van der Waals surface area contributed by atoms with Crippen LogP contribution in [0.2, 0.25) is 0 Å². The molecule has 1 unspecified atom stereocenters. The second-order valence-electron chi connectivity index (χ2n) is 4.17. The first-order chi connectivity index (χ1) is 7.67. The molecule has 1 aromatic rings. The molecule has 1 aromatic carbocycles. The number of rotatable bonds is 6. The van der Waals surface area contributed by atoms with Crippen molar-refractivity contribution in [3.63, 3.8) is 0 Å². The summed E-state index contributed by atoms with van der Waals surface area (Å²) in [5.41, 5.74) is 6.68. The van der Waals surface area contributed by atoms with Gasteiger partial charge in [0.1, 0.15) is 5.75 Å². The second kappa shape index (κ2) is 6.92. The molecule has 0 aromatic heterocycles. The van der Waals surface area contributed by atoms with Gasteiger partial charge in [-0.1, -0.05) is 26.3 Å². The maximum Gasteiger partial charge on any atom is 0.133 e. The molecule has 90 valence electrons. The fourth-order valence-electron chi connectivity index (χ4n) is 1.60. The van der Waals surface area contributed by atoms with Gasteiger partial charge in [0.2, 0.25) is 0 Å². The van der Waals surface area contributed by atoms with Crippen LogP contribution >= 0.6 is 15.9 Å². The van der Waals surface area contributed by atoms with E-state index in [9.17, 15) is 0 Å². The third-order valence-electron chi connectivity index (χ3n) is 2.54. The van der Waals surface area contributed by atoms with Gasteiger partial charge < -0.3 is 10.5 Å². The van der Waals surface area contributed by atoms with E-state index in [4.69, 9.17) is 10.5 Å². The Morgan fingerprint density at radius 2 is 2.19 bits per heavy atom. The molecule has 1 rings (SSSR count). The highest BCUT2D eigenvalue weighted by Crippen LogP contribution is 2.26. The number of halogens is 1. The van der Waals surface area contributed by atoms with Crippen LogP contribution < -0.4 is 10.5 Å². The van der Waals surface area contributed by atoms with Crippen molar-refractivity contribution in [1.29, 1.82) is 0 Å². The summed E-state index contributed by atoms with van der Waals surface area (Å²) in [6.07, 6.45) is 2.41. The minimum Gasteiger partial charge on any atom is -0.492 e. The molecule has 0 radical (unpaired) electrons. The molecular weight excluding hydrogens is 266 g/mol. The highest BCUT2D eigenvalue weighted by Gasteiger charge is 2.05. The molecule has 0 saturated carbocycles. The molecule has 0 fully saturated rings. The zero-order valence-corrected chi connectivity index (χ0v) is 11.6. The average molecular weight is 286 g/mol. The molecule has 0 bridgehead atoms. The highest BCUT2D eigenvalue weighted by molar-refractivity contribution is 9.10. The Morgan fingerprint density at radius 1 is 1.44 bits per heavy atom. The lowest BCUT2D eigenvalue weighted by Gasteiger charge is -2.13. The summed E-state index contributed by atoms with van der Waals surface area (Å²) in [6, 6.07) is 6.00. The Morgan fingerprint density at radius 3 is 2.75 bits per heavy atom. The van der Waals surface area contributed by atoms with Crippen LogP contribution in [0.4, 0.5) is 0 Å². The fraction of sp³-hybridized carbons (Fsp3) is 0.538. The third-order valence-corrected chi connectivity index (χ3v) is 3.16. The SMILES string of the molecule is CCCC(C)COc1ccc(CN)cc1Br. The summed E-state index contributed by atoms with van der Waals surface area (Å²) >= 11 is 3.50. The van der Waals surface area contributed by atoms with Crippen LogP contribution in [0.25, 0.3) is 0 Å². The normalized spacial score (nSPS) is 12.5. The van der Waals surface area contributed by atoms with Gasteiger partial charge in [-0.2, -0.15) is 0 Å². The van der Waals surface area contributed by atoms with Crippen molar-refractivity contribution >= 4 is 15.9 Å². The predicted molar refractivity (Wildman–Crippen MR) is 71.6 cm³/mol. The molecule has 0 spiro atoms. The second-order valence-corrected chi connectivity index (χ2v) is 5.03. The Kier molecular flexibility index (Phi) is 5.85. The van der Waals surface area contributed by atoms with E-state index in [1.54, 1.807) is 0 Å². The minimum absolute atomic E-state index is 0.561. The number of ether oxygens (including phenoxy) is 1. The van der Waals surface area contributed by atoms with Crippen LogP contribution in [0.1, 0.15) is 32.3 Å². The number of benzene rings is 1. The number of hydrogen-bond donors (Lipinski definition) is 1. The van der Waals surface area contributed by atoms with Crippen LogP contribution in [0, 0.1) is 5.92 Å². The zero-order chi connectivity index (χ0) is 12.0. The summed E-state index contributed by atoms with van der Waals surface area (Å²) in [7, 11) is 0. The van der Waals surface area contributed by atoms with Gasteiger partial charge >= 0.3 is 0 Å². The molecular formula is C13H20BrNO. The average Bonchev–Trinajstić information content (AvgIpc) is 2.27. The summed E-state index contributed by atoms with van der Waals surface area (Å²) in [5, 5.41) is 0. The van der Waals surface area contributed by atoms with Crippen molar-refractivity contribution < 1.29 is 4.74 Å². The maximum atomic E-state index is 5.76. The standard InChI is InChI=1S/C13H20BrNO/c1-3-4-10(2)9-16-13-6-5-11(8-15)7-12(13)14/h5-7,10H,3-4,8-9,15H2,1-2H3. The van der Waals surface area contributed by atoms with Crippen LogP contribution in [-0.2, 0) is 6.54 Å². The summed E-state index contributed by atoms with van der Waals surface area (Å²) < 4.78 is 6.75. The quantitative estimate of drug-likeness (QED) is 0.865. The summed E-state index contributed by atoms with van der Waals surface area (Å²) in [4.78, 5) is 0. The first kappa shape index (κ1) is 13.5. The zero-order valence-electron chi connectivity index (χ0n) is 10.0. The van der Waals surface area contributed by atoms with Crippen molar-refractivity contribution in [2.24, 2.45) is 11.7 Å². The lowest BCUT2D eigenvalue weighted by Crippen LogP contribution is -2.08. The first-order valence-corrected chi connectivity index (χ1v) is 6.58.